The third-order valence-electron chi connectivity index (χ3n) is 3.60. The van der Waals surface area contributed by atoms with Crippen LogP contribution in [0.4, 0.5) is 4.79 Å². The Hall–Kier alpha value is -1.14. The van der Waals surface area contributed by atoms with E-state index in [1.807, 2.05) is 0 Å². The van der Waals surface area contributed by atoms with Crippen LogP contribution in [0.25, 0.3) is 0 Å². The second kappa shape index (κ2) is 8.87. The zero-order valence-electron chi connectivity index (χ0n) is 11.6. The van der Waals surface area contributed by atoms with Gasteiger partial charge in [0, 0.05) is 12.6 Å². The van der Waals surface area contributed by atoms with Gasteiger partial charge in [0.05, 0.1) is 6.54 Å². The van der Waals surface area contributed by atoms with Gasteiger partial charge >= 0.3 is 6.03 Å². The van der Waals surface area contributed by atoms with E-state index in [2.05, 4.69) is 10.2 Å². The van der Waals surface area contributed by atoms with Gasteiger partial charge in [0.25, 0.3) is 0 Å². The summed E-state index contributed by atoms with van der Waals surface area (Å²) in [6.45, 7) is 1.64. The summed E-state index contributed by atoms with van der Waals surface area (Å²) in [5.41, 5.74) is 10.5. The number of primary amides is 1. The van der Waals surface area contributed by atoms with Gasteiger partial charge in [-0.25, -0.2) is 4.79 Å². The molecule has 0 unspecified atom stereocenters. The Morgan fingerprint density at radius 2 is 1.79 bits per heavy atom. The third-order valence-corrected chi connectivity index (χ3v) is 3.60. The van der Waals surface area contributed by atoms with Crippen LogP contribution in [0.2, 0.25) is 0 Å². The van der Waals surface area contributed by atoms with Crippen LogP contribution in [0, 0.1) is 0 Å². The summed E-state index contributed by atoms with van der Waals surface area (Å²) in [6.07, 6.45) is 8.06. The molecule has 6 heteroatoms. The highest BCUT2D eigenvalue weighted by Gasteiger charge is 2.22. The van der Waals surface area contributed by atoms with E-state index in [0.717, 1.165) is 25.8 Å². The number of carbonyl (C=O) groups is 2. The highest BCUT2D eigenvalue weighted by atomic mass is 16.2. The van der Waals surface area contributed by atoms with Gasteiger partial charge in [-0.05, 0) is 25.8 Å². The predicted molar refractivity (Wildman–Crippen MR) is 74.5 cm³/mol. The van der Waals surface area contributed by atoms with E-state index >= 15 is 0 Å². The maximum absolute atomic E-state index is 11.7. The molecule has 0 atom stereocenters. The number of hydrogen-bond acceptors (Lipinski definition) is 4. The Morgan fingerprint density at radius 1 is 1.16 bits per heavy atom. The largest absolute Gasteiger partial charge is 0.351 e. The molecule has 0 aromatic carbocycles. The second-order valence-electron chi connectivity index (χ2n) is 5.17. The lowest BCUT2D eigenvalue weighted by Crippen LogP contribution is -2.46. The first-order chi connectivity index (χ1) is 9.13. The average Bonchev–Trinajstić information content (AvgIpc) is 2.62. The van der Waals surface area contributed by atoms with Crippen LogP contribution in [0.5, 0.6) is 0 Å². The molecule has 3 amide bonds. The van der Waals surface area contributed by atoms with Crippen molar-refractivity contribution in [3.63, 3.8) is 0 Å². The lowest BCUT2D eigenvalue weighted by Gasteiger charge is -2.30. The second-order valence-corrected chi connectivity index (χ2v) is 5.17. The summed E-state index contributed by atoms with van der Waals surface area (Å²) in [4.78, 5) is 24.5. The van der Waals surface area contributed by atoms with E-state index in [4.69, 9.17) is 11.5 Å². The standard InChI is InChI=1S/C13H26N4O2/c14-8-5-9-17(10-12(18)16-13(15)19)11-6-3-1-2-4-7-11/h11H,1-10,14H2,(H3,15,16,18,19). The molecule has 0 spiro atoms. The van der Waals surface area contributed by atoms with Crippen LogP contribution in [0.15, 0.2) is 0 Å². The zero-order chi connectivity index (χ0) is 14.1. The normalized spacial score (nSPS) is 17.2. The number of nitrogens with two attached hydrogens (primary N) is 2. The summed E-state index contributed by atoms with van der Waals surface area (Å²) in [5.74, 6) is -0.325. The van der Waals surface area contributed by atoms with Gasteiger partial charge in [-0.2, -0.15) is 0 Å². The van der Waals surface area contributed by atoms with E-state index in [9.17, 15) is 9.59 Å². The number of rotatable bonds is 6. The Bertz CT molecular complexity index is 288. The van der Waals surface area contributed by atoms with Crippen molar-refractivity contribution in [2.75, 3.05) is 19.6 Å². The van der Waals surface area contributed by atoms with Crippen molar-refractivity contribution in [3.05, 3.63) is 0 Å². The van der Waals surface area contributed by atoms with E-state index < -0.39 is 6.03 Å². The molecule has 1 aliphatic rings. The van der Waals surface area contributed by atoms with Crippen molar-refractivity contribution in [1.29, 1.82) is 0 Å². The Balaban J connectivity index is 2.53. The Kier molecular flexibility index (Phi) is 7.43. The fourth-order valence-corrected chi connectivity index (χ4v) is 2.67. The Morgan fingerprint density at radius 3 is 2.32 bits per heavy atom. The first kappa shape index (κ1) is 15.9. The Labute approximate surface area is 114 Å². The molecule has 110 valence electrons. The molecule has 1 fully saturated rings. The summed E-state index contributed by atoms with van der Waals surface area (Å²) in [7, 11) is 0. The predicted octanol–water partition coefficient (Wildman–Crippen LogP) is 0.555. The minimum atomic E-state index is -0.787. The van der Waals surface area contributed by atoms with Crippen LogP contribution in [0.1, 0.15) is 44.9 Å². The van der Waals surface area contributed by atoms with E-state index in [1.54, 1.807) is 0 Å². The van der Waals surface area contributed by atoms with Crippen LogP contribution < -0.4 is 16.8 Å². The molecule has 0 heterocycles. The van der Waals surface area contributed by atoms with Gasteiger partial charge < -0.3 is 11.5 Å². The van der Waals surface area contributed by atoms with Gasteiger partial charge in [0.2, 0.25) is 5.91 Å². The zero-order valence-corrected chi connectivity index (χ0v) is 11.6. The molecule has 1 rings (SSSR count). The molecule has 1 aliphatic carbocycles. The lowest BCUT2D eigenvalue weighted by molar-refractivity contribution is -0.121. The van der Waals surface area contributed by atoms with E-state index in [-0.39, 0.29) is 12.5 Å². The van der Waals surface area contributed by atoms with Gasteiger partial charge in [-0.1, -0.05) is 25.7 Å². The molecule has 6 nitrogen and oxygen atoms in total. The van der Waals surface area contributed by atoms with Gasteiger partial charge in [0.1, 0.15) is 0 Å². The number of amides is 3. The minimum absolute atomic E-state index is 0.230. The van der Waals surface area contributed by atoms with Crippen LogP contribution >= 0.6 is 0 Å². The molecule has 0 saturated heterocycles. The quantitative estimate of drug-likeness (QED) is 0.614. The number of nitrogens with zero attached hydrogens (tertiary/aromatic N) is 1. The number of carbonyl (C=O) groups excluding carboxylic acids is 2. The summed E-state index contributed by atoms with van der Waals surface area (Å²) < 4.78 is 0. The molecule has 1 saturated carbocycles. The highest BCUT2D eigenvalue weighted by Crippen LogP contribution is 2.21. The average molecular weight is 270 g/mol. The van der Waals surface area contributed by atoms with Crippen LogP contribution in [0.3, 0.4) is 0 Å². The monoisotopic (exact) mass is 270 g/mol. The lowest BCUT2D eigenvalue weighted by atomic mass is 10.1. The summed E-state index contributed by atoms with van der Waals surface area (Å²) in [5, 5.41) is 2.13. The molecule has 5 N–H and O–H groups in total. The van der Waals surface area contributed by atoms with E-state index in [0.29, 0.717) is 12.6 Å². The third kappa shape index (κ3) is 6.54. The van der Waals surface area contributed by atoms with Crippen LogP contribution in [-0.2, 0) is 4.79 Å². The smallest absolute Gasteiger partial charge is 0.318 e. The van der Waals surface area contributed by atoms with Gasteiger partial charge in [0.15, 0.2) is 0 Å². The van der Waals surface area contributed by atoms with Crippen molar-refractivity contribution in [2.24, 2.45) is 11.5 Å². The van der Waals surface area contributed by atoms with Gasteiger partial charge in [-0.15, -0.1) is 0 Å². The first-order valence-electron chi connectivity index (χ1n) is 7.17. The van der Waals surface area contributed by atoms with Crippen molar-refractivity contribution in [1.82, 2.24) is 10.2 Å². The number of urea groups is 1. The molecule has 0 aliphatic heterocycles. The molecular weight excluding hydrogens is 244 g/mol. The fourth-order valence-electron chi connectivity index (χ4n) is 2.67. The van der Waals surface area contributed by atoms with E-state index in [1.165, 1.54) is 25.7 Å². The maximum Gasteiger partial charge on any atom is 0.318 e. The molecule has 0 aromatic heterocycles. The molecule has 0 bridgehead atoms. The van der Waals surface area contributed by atoms with Crippen molar-refractivity contribution in [3.8, 4) is 0 Å². The molecule has 19 heavy (non-hydrogen) atoms. The van der Waals surface area contributed by atoms with Crippen molar-refractivity contribution >= 4 is 11.9 Å². The van der Waals surface area contributed by atoms with Crippen LogP contribution in [-0.4, -0.2) is 42.5 Å². The molecule has 0 aromatic rings. The number of hydrogen-bond donors (Lipinski definition) is 3. The topological polar surface area (TPSA) is 101 Å². The van der Waals surface area contributed by atoms with Crippen molar-refractivity contribution in [2.45, 2.75) is 51.0 Å². The SMILES string of the molecule is NCCCN(CC(=O)NC(N)=O)C1CCCCCC1. The summed E-state index contributed by atoms with van der Waals surface area (Å²) in [6, 6.07) is -0.364. The number of imide groups is 1. The fraction of sp³-hybridized carbons (Fsp3) is 0.846. The molecular formula is C13H26N4O2. The maximum atomic E-state index is 11.7. The highest BCUT2D eigenvalue weighted by molar-refractivity contribution is 5.94. The van der Waals surface area contributed by atoms with Gasteiger partial charge in [-0.3, -0.25) is 15.0 Å². The van der Waals surface area contributed by atoms with Crippen molar-refractivity contribution < 1.29 is 9.59 Å². The summed E-state index contributed by atoms with van der Waals surface area (Å²) >= 11 is 0. The molecule has 0 radical (unpaired) electrons. The first-order valence-corrected chi connectivity index (χ1v) is 7.17. The minimum Gasteiger partial charge on any atom is -0.351 e. The number of nitrogens with one attached hydrogen (secondary N) is 1.